The summed E-state index contributed by atoms with van der Waals surface area (Å²) in [7, 11) is 0. The van der Waals surface area contributed by atoms with E-state index in [4.69, 9.17) is 25.5 Å². The van der Waals surface area contributed by atoms with Gasteiger partial charge in [0.25, 0.3) is 0 Å². The molecule has 6 nitrogen and oxygen atoms in total. The first-order valence-electron chi connectivity index (χ1n) is 3.33. The SMILES string of the molecule is O=C[C@H](O)[C@@H](O)[C@H](O)[C@H](O)CO.[H-].[K+]. The van der Waals surface area contributed by atoms with Crippen LogP contribution in [0.25, 0.3) is 0 Å². The maximum atomic E-state index is 9.90. The zero-order chi connectivity index (χ0) is 9.72. The van der Waals surface area contributed by atoms with E-state index in [9.17, 15) is 4.79 Å². The molecule has 0 bridgehead atoms. The number of aldehydes is 1. The molecule has 5 N–H and O–H groups in total. The largest absolute Gasteiger partial charge is 1.00 e. The summed E-state index contributed by atoms with van der Waals surface area (Å²) in [6.07, 6.45) is -6.84. The molecule has 0 aliphatic rings. The van der Waals surface area contributed by atoms with Crippen molar-refractivity contribution in [1.29, 1.82) is 0 Å². The van der Waals surface area contributed by atoms with Crippen molar-refractivity contribution in [1.82, 2.24) is 0 Å². The number of carbonyl (C=O) groups excluding carboxylic acids is 1. The predicted octanol–water partition coefficient (Wildman–Crippen LogP) is -6.26. The summed E-state index contributed by atoms with van der Waals surface area (Å²) < 4.78 is 0. The average molecular weight is 220 g/mol. The molecule has 0 amide bonds. The van der Waals surface area contributed by atoms with Gasteiger partial charge < -0.3 is 31.8 Å². The Morgan fingerprint density at radius 3 is 1.92 bits per heavy atom. The molecule has 0 aliphatic heterocycles. The average Bonchev–Trinajstić information content (AvgIpc) is 2.12. The standard InChI is InChI=1S/C6H12O6.K.H/c7-1-3(9)5(11)6(12)4(10)2-8;;/h1,3-6,8-12H,2H2;;/q;+1;-1/t3-,4+,5+,6+;;/m0../s1. The van der Waals surface area contributed by atoms with Crippen molar-refractivity contribution in [2.45, 2.75) is 24.4 Å². The van der Waals surface area contributed by atoms with E-state index in [0.29, 0.717) is 0 Å². The summed E-state index contributed by atoms with van der Waals surface area (Å²) in [6.45, 7) is -0.760. The third-order valence-corrected chi connectivity index (χ3v) is 1.42. The van der Waals surface area contributed by atoms with E-state index in [2.05, 4.69) is 0 Å². The van der Waals surface area contributed by atoms with Crippen LogP contribution in [0, 0.1) is 0 Å². The van der Waals surface area contributed by atoms with E-state index in [1.165, 1.54) is 0 Å². The van der Waals surface area contributed by atoms with Gasteiger partial charge in [-0.15, -0.1) is 0 Å². The summed E-state index contributed by atoms with van der Waals surface area (Å²) in [5.74, 6) is 0. The van der Waals surface area contributed by atoms with Gasteiger partial charge in [0, 0.05) is 0 Å². The smallest absolute Gasteiger partial charge is 1.00 e. The van der Waals surface area contributed by atoms with Crippen molar-refractivity contribution in [3.05, 3.63) is 0 Å². The minimum absolute atomic E-state index is 0. The van der Waals surface area contributed by atoms with Crippen LogP contribution in [0.5, 0.6) is 0 Å². The van der Waals surface area contributed by atoms with Crippen LogP contribution in [0.1, 0.15) is 1.43 Å². The van der Waals surface area contributed by atoms with Crippen LogP contribution in [-0.4, -0.2) is 62.8 Å². The third-order valence-electron chi connectivity index (χ3n) is 1.42. The summed E-state index contributed by atoms with van der Waals surface area (Å²) in [5, 5.41) is 43.5. The van der Waals surface area contributed by atoms with Crippen molar-refractivity contribution in [3.8, 4) is 0 Å². The van der Waals surface area contributed by atoms with E-state index in [0.717, 1.165) is 0 Å². The molecule has 13 heavy (non-hydrogen) atoms. The Morgan fingerprint density at radius 1 is 1.15 bits per heavy atom. The number of aliphatic hydroxyl groups is 5. The normalized spacial score (nSPS) is 19.5. The van der Waals surface area contributed by atoms with Crippen molar-refractivity contribution >= 4 is 6.29 Å². The van der Waals surface area contributed by atoms with Crippen LogP contribution in [-0.2, 0) is 4.79 Å². The molecular formula is C6H13KO6. The summed E-state index contributed by atoms with van der Waals surface area (Å²) >= 11 is 0. The Hall–Kier alpha value is 1.11. The molecule has 0 fully saturated rings. The number of hydrogen-bond acceptors (Lipinski definition) is 6. The van der Waals surface area contributed by atoms with Gasteiger partial charge in [-0.05, 0) is 0 Å². The topological polar surface area (TPSA) is 118 Å². The molecule has 0 rings (SSSR count). The fourth-order valence-electron chi connectivity index (χ4n) is 0.618. The Kier molecular flexibility index (Phi) is 10.7. The zero-order valence-corrected chi connectivity index (χ0v) is 10.4. The van der Waals surface area contributed by atoms with Gasteiger partial charge in [-0.2, -0.15) is 0 Å². The Labute approximate surface area is 119 Å². The van der Waals surface area contributed by atoms with Crippen LogP contribution in [0.15, 0.2) is 0 Å². The number of carbonyl (C=O) groups is 1. The van der Waals surface area contributed by atoms with Gasteiger partial charge in [-0.25, -0.2) is 0 Å². The fourth-order valence-corrected chi connectivity index (χ4v) is 0.618. The fraction of sp³-hybridized carbons (Fsp3) is 0.833. The molecule has 74 valence electrons. The zero-order valence-electron chi connectivity index (χ0n) is 8.24. The van der Waals surface area contributed by atoms with E-state index in [-0.39, 0.29) is 59.1 Å². The predicted molar refractivity (Wildman–Crippen MR) is 38.3 cm³/mol. The van der Waals surface area contributed by atoms with Gasteiger partial charge in [0.1, 0.15) is 24.4 Å². The molecule has 0 aromatic rings. The molecular weight excluding hydrogens is 207 g/mol. The maximum Gasteiger partial charge on any atom is 1.00 e. The van der Waals surface area contributed by atoms with Crippen LogP contribution >= 0.6 is 0 Å². The molecule has 0 saturated heterocycles. The second-order valence-corrected chi connectivity index (χ2v) is 2.36. The molecule has 0 spiro atoms. The Balaban J connectivity index is -0.000000605. The molecule has 0 heterocycles. The summed E-state index contributed by atoms with van der Waals surface area (Å²) in [6, 6.07) is 0. The van der Waals surface area contributed by atoms with Crippen molar-refractivity contribution in [3.63, 3.8) is 0 Å². The number of rotatable bonds is 5. The van der Waals surface area contributed by atoms with Crippen molar-refractivity contribution in [2.24, 2.45) is 0 Å². The second kappa shape index (κ2) is 8.42. The summed E-state index contributed by atoms with van der Waals surface area (Å²) in [5.41, 5.74) is 0. The first kappa shape index (κ1) is 16.5. The van der Waals surface area contributed by atoms with Crippen LogP contribution in [0.2, 0.25) is 0 Å². The van der Waals surface area contributed by atoms with Crippen molar-refractivity contribution in [2.75, 3.05) is 6.61 Å². The van der Waals surface area contributed by atoms with Gasteiger partial charge in [0.05, 0.1) is 6.61 Å². The molecule has 0 radical (unpaired) electrons. The van der Waals surface area contributed by atoms with E-state index < -0.39 is 31.0 Å². The van der Waals surface area contributed by atoms with Crippen LogP contribution in [0.4, 0.5) is 0 Å². The van der Waals surface area contributed by atoms with Crippen molar-refractivity contribution < 1.29 is 83.1 Å². The number of aliphatic hydroxyl groups excluding tert-OH is 5. The monoisotopic (exact) mass is 220 g/mol. The van der Waals surface area contributed by atoms with Gasteiger partial charge >= 0.3 is 51.4 Å². The Bertz CT molecular complexity index is 148. The molecule has 0 aromatic carbocycles. The Morgan fingerprint density at radius 2 is 1.62 bits per heavy atom. The van der Waals surface area contributed by atoms with Gasteiger partial charge in [0.2, 0.25) is 0 Å². The second-order valence-electron chi connectivity index (χ2n) is 2.36. The van der Waals surface area contributed by atoms with E-state index in [1.807, 2.05) is 0 Å². The van der Waals surface area contributed by atoms with Crippen LogP contribution < -0.4 is 51.4 Å². The van der Waals surface area contributed by atoms with Gasteiger partial charge in [-0.3, -0.25) is 0 Å². The molecule has 4 atom stereocenters. The maximum absolute atomic E-state index is 9.90. The first-order valence-corrected chi connectivity index (χ1v) is 3.33. The summed E-state index contributed by atoms with van der Waals surface area (Å²) in [4.78, 5) is 9.90. The minimum atomic E-state index is -1.79. The molecule has 0 unspecified atom stereocenters. The van der Waals surface area contributed by atoms with Gasteiger partial charge in [-0.1, -0.05) is 0 Å². The molecule has 7 heteroatoms. The quantitative estimate of drug-likeness (QED) is 0.232. The van der Waals surface area contributed by atoms with Gasteiger partial charge in [0.15, 0.2) is 6.29 Å². The molecule has 0 saturated carbocycles. The first-order chi connectivity index (χ1) is 5.54. The molecule has 0 aromatic heterocycles. The third kappa shape index (κ3) is 5.52. The van der Waals surface area contributed by atoms with E-state index >= 15 is 0 Å². The minimum Gasteiger partial charge on any atom is -1.00 e. The molecule has 0 aliphatic carbocycles. The van der Waals surface area contributed by atoms with Crippen LogP contribution in [0.3, 0.4) is 0 Å². The number of hydrogen-bond donors (Lipinski definition) is 5. The van der Waals surface area contributed by atoms with E-state index in [1.54, 1.807) is 0 Å².